The van der Waals surface area contributed by atoms with Crippen molar-refractivity contribution in [1.82, 2.24) is 5.32 Å². The molecular formula is C15H26N2O3S. The van der Waals surface area contributed by atoms with Gasteiger partial charge in [-0.3, -0.25) is 4.72 Å². The summed E-state index contributed by atoms with van der Waals surface area (Å²) in [5, 5.41) is 3.31. The van der Waals surface area contributed by atoms with Gasteiger partial charge in [-0.05, 0) is 31.5 Å². The quantitative estimate of drug-likeness (QED) is 0.734. The molecular weight excluding hydrogens is 288 g/mol. The van der Waals surface area contributed by atoms with E-state index in [2.05, 4.69) is 23.9 Å². The lowest BCUT2D eigenvalue weighted by molar-refractivity contribution is 0.0913. The molecule has 0 aliphatic heterocycles. The zero-order valence-electron chi connectivity index (χ0n) is 13.2. The van der Waals surface area contributed by atoms with E-state index in [4.69, 9.17) is 4.74 Å². The molecule has 0 fully saturated rings. The molecule has 1 rings (SSSR count). The maximum Gasteiger partial charge on any atom is 0.234 e. The molecule has 0 aromatic heterocycles. The molecule has 120 valence electrons. The van der Waals surface area contributed by atoms with Crippen LogP contribution in [0.15, 0.2) is 24.3 Å². The van der Waals surface area contributed by atoms with E-state index in [1.54, 1.807) is 12.1 Å². The van der Waals surface area contributed by atoms with Crippen molar-refractivity contribution < 1.29 is 13.2 Å². The van der Waals surface area contributed by atoms with Gasteiger partial charge in [0.1, 0.15) is 0 Å². The first-order valence-electron chi connectivity index (χ1n) is 7.23. The average Bonchev–Trinajstić information content (AvgIpc) is 2.36. The van der Waals surface area contributed by atoms with Crippen LogP contribution in [0.1, 0.15) is 33.3 Å². The number of nitrogens with one attached hydrogen (secondary N) is 2. The number of hydrogen-bond donors (Lipinski definition) is 2. The number of hydrogen-bond acceptors (Lipinski definition) is 4. The summed E-state index contributed by atoms with van der Waals surface area (Å²) >= 11 is 0. The fraction of sp³-hybridized carbons (Fsp3) is 0.600. The summed E-state index contributed by atoms with van der Waals surface area (Å²) in [5.41, 5.74) is 1.70. The lowest BCUT2D eigenvalue weighted by atomic mass is 10.2. The van der Waals surface area contributed by atoms with Crippen LogP contribution in [-0.2, 0) is 21.3 Å². The highest BCUT2D eigenvalue weighted by atomic mass is 32.2. The summed E-state index contributed by atoms with van der Waals surface area (Å²) in [6.07, 6.45) is 0.0351. The van der Waals surface area contributed by atoms with Crippen LogP contribution in [0.4, 0.5) is 5.69 Å². The maximum absolute atomic E-state index is 11.9. The summed E-state index contributed by atoms with van der Waals surface area (Å²) in [6, 6.07) is 7.80. The molecule has 1 aromatic rings. The van der Waals surface area contributed by atoms with Crippen molar-refractivity contribution >= 4 is 15.7 Å². The van der Waals surface area contributed by atoms with Gasteiger partial charge in [-0.2, -0.15) is 0 Å². The Kier molecular flexibility index (Phi) is 7.14. The monoisotopic (exact) mass is 314 g/mol. The van der Waals surface area contributed by atoms with E-state index in [-0.39, 0.29) is 18.5 Å². The Balaban J connectivity index is 2.50. The first kappa shape index (κ1) is 17.9. The third-order valence-electron chi connectivity index (χ3n) is 2.74. The van der Waals surface area contributed by atoms with E-state index in [0.29, 0.717) is 11.7 Å². The maximum atomic E-state index is 11.9. The third-order valence-corrected chi connectivity index (χ3v) is 4.00. The molecule has 0 heterocycles. The molecule has 5 nitrogen and oxygen atoms in total. The largest absolute Gasteiger partial charge is 0.378 e. The predicted octanol–water partition coefficient (Wildman–Crippen LogP) is 2.35. The topological polar surface area (TPSA) is 67.4 Å². The van der Waals surface area contributed by atoms with Crippen LogP contribution in [0.25, 0.3) is 0 Å². The van der Waals surface area contributed by atoms with Crippen LogP contribution < -0.4 is 10.0 Å². The highest BCUT2D eigenvalue weighted by Gasteiger charge is 2.10. The van der Waals surface area contributed by atoms with Crippen molar-refractivity contribution in [2.24, 2.45) is 0 Å². The van der Waals surface area contributed by atoms with Gasteiger partial charge >= 0.3 is 0 Å². The molecule has 21 heavy (non-hydrogen) atoms. The van der Waals surface area contributed by atoms with E-state index in [0.717, 1.165) is 12.1 Å². The highest BCUT2D eigenvalue weighted by molar-refractivity contribution is 7.92. The Morgan fingerprint density at radius 2 is 1.71 bits per heavy atom. The molecule has 0 unspecified atom stereocenters. The average molecular weight is 314 g/mol. The fourth-order valence-electron chi connectivity index (χ4n) is 1.64. The van der Waals surface area contributed by atoms with Gasteiger partial charge in [0.2, 0.25) is 10.0 Å². The van der Waals surface area contributed by atoms with Crippen LogP contribution >= 0.6 is 0 Å². The Bertz CT molecular complexity index is 510. The normalized spacial score (nSPS) is 12.1. The van der Waals surface area contributed by atoms with Gasteiger partial charge in [0.25, 0.3) is 0 Å². The van der Waals surface area contributed by atoms with Gasteiger partial charge in [0, 0.05) is 18.3 Å². The van der Waals surface area contributed by atoms with Gasteiger partial charge in [-0.15, -0.1) is 0 Å². The third kappa shape index (κ3) is 8.04. The SMILES string of the molecule is CC(C)NCc1ccc(NS(=O)(=O)CCOC(C)C)cc1. The second-order valence-electron chi connectivity index (χ2n) is 5.57. The second kappa shape index (κ2) is 8.36. The van der Waals surface area contributed by atoms with Crippen molar-refractivity contribution in [2.75, 3.05) is 17.1 Å². The standard InChI is InChI=1S/C15H26N2O3S/c1-12(2)16-11-14-5-7-15(8-6-14)17-21(18,19)10-9-20-13(3)4/h5-8,12-13,16-17H,9-11H2,1-4H3. The summed E-state index contributed by atoms with van der Waals surface area (Å²) in [4.78, 5) is 0. The van der Waals surface area contributed by atoms with E-state index in [1.807, 2.05) is 26.0 Å². The van der Waals surface area contributed by atoms with Gasteiger partial charge in [-0.1, -0.05) is 26.0 Å². The second-order valence-corrected chi connectivity index (χ2v) is 7.41. The number of ether oxygens (including phenoxy) is 1. The van der Waals surface area contributed by atoms with Gasteiger partial charge in [0.15, 0.2) is 0 Å². The molecule has 1 aromatic carbocycles. The molecule has 0 saturated heterocycles. The molecule has 0 radical (unpaired) electrons. The first-order valence-corrected chi connectivity index (χ1v) is 8.88. The lowest BCUT2D eigenvalue weighted by Gasteiger charge is -2.11. The predicted molar refractivity (Wildman–Crippen MR) is 86.9 cm³/mol. The first-order chi connectivity index (χ1) is 9.78. The van der Waals surface area contributed by atoms with Crippen LogP contribution in [0.5, 0.6) is 0 Å². The van der Waals surface area contributed by atoms with E-state index < -0.39 is 10.0 Å². The van der Waals surface area contributed by atoms with Crippen molar-refractivity contribution in [1.29, 1.82) is 0 Å². The molecule has 0 aliphatic rings. The summed E-state index contributed by atoms with van der Waals surface area (Å²) in [6.45, 7) is 8.90. The van der Waals surface area contributed by atoms with Crippen LogP contribution in [-0.4, -0.2) is 32.9 Å². The molecule has 0 amide bonds. The number of sulfonamides is 1. The molecule has 0 aliphatic carbocycles. The molecule has 0 bridgehead atoms. The summed E-state index contributed by atoms with van der Waals surface area (Å²) < 4.78 is 31.6. The Morgan fingerprint density at radius 3 is 2.24 bits per heavy atom. The van der Waals surface area contributed by atoms with Crippen molar-refractivity contribution in [3.05, 3.63) is 29.8 Å². The molecule has 0 saturated carbocycles. The van der Waals surface area contributed by atoms with E-state index >= 15 is 0 Å². The summed E-state index contributed by atoms with van der Waals surface area (Å²) in [5.74, 6) is -0.0398. The number of benzene rings is 1. The van der Waals surface area contributed by atoms with E-state index in [1.165, 1.54) is 0 Å². The van der Waals surface area contributed by atoms with Crippen molar-refractivity contribution in [3.63, 3.8) is 0 Å². The van der Waals surface area contributed by atoms with Gasteiger partial charge < -0.3 is 10.1 Å². The van der Waals surface area contributed by atoms with Crippen LogP contribution in [0.3, 0.4) is 0 Å². The molecule has 2 N–H and O–H groups in total. The number of anilines is 1. The Hall–Kier alpha value is -1.11. The minimum atomic E-state index is -3.36. The van der Waals surface area contributed by atoms with Crippen molar-refractivity contribution in [2.45, 2.75) is 46.4 Å². The van der Waals surface area contributed by atoms with Crippen LogP contribution in [0.2, 0.25) is 0 Å². The fourth-order valence-corrected chi connectivity index (χ4v) is 2.55. The Morgan fingerprint density at radius 1 is 1.10 bits per heavy atom. The Labute approximate surface area is 128 Å². The molecule has 0 spiro atoms. The minimum absolute atomic E-state index is 0.0351. The zero-order valence-corrected chi connectivity index (χ0v) is 14.0. The van der Waals surface area contributed by atoms with Gasteiger partial charge in [-0.25, -0.2) is 8.42 Å². The van der Waals surface area contributed by atoms with Crippen molar-refractivity contribution in [3.8, 4) is 0 Å². The molecule has 0 atom stereocenters. The lowest BCUT2D eigenvalue weighted by Crippen LogP contribution is -2.22. The minimum Gasteiger partial charge on any atom is -0.378 e. The summed E-state index contributed by atoms with van der Waals surface area (Å²) in [7, 11) is -3.36. The smallest absolute Gasteiger partial charge is 0.234 e. The zero-order chi connectivity index (χ0) is 15.9. The van der Waals surface area contributed by atoms with Gasteiger partial charge in [0.05, 0.1) is 18.5 Å². The van der Waals surface area contributed by atoms with Crippen LogP contribution in [0, 0.1) is 0 Å². The molecule has 6 heteroatoms. The van der Waals surface area contributed by atoms with E-state index in [9.17, 15) is 8.42 Å². The highest BCUT2D eigenvalue weighted by Crippen LogP contribution is 2.11. The number of rotatable bonds is 9.